The zero-order chi connectivity index (χ0) is 8.29. The lowest BCUT2D eigenvalue weighted by molar-refractivity contribution is -0.139. The first kappa shape index (κ1) is 6.46. The molecule has 2 nitrogen and oxygen atoms in total. The molecule has 1 N–H and O–H groups in total. The second-order valence-corrected chi connectivity index (χ2v) is 3.94. The molecule has 0 aromatic heterocycles. The largest absolute Gasteiger partial charge is 0.481 e. The topological polar surface area (TPSA) is 37.3 Å². The average Bonchev–Trinajstić information content (AvgIpc) is 2.81. The normalized spacial score (nSPS) is 52.2. The molecule has 0 saturated heterocycles. The minimum absolute atomic E-state index is 0.0648. The fourth-order valence-electron chi connectivity index (χ4n) is 2.84. The number of rotatable bonds is 1. The molecule has 1 fully saturated rings. The van der Waals surface area contributed by atoms with Crippen molar-refractivity contribution in [1.29, 1.82) is 0 Å². The third kappa shape index (κ3) is 0.591. The van der Waals surface area contributed by atoms with Crippen LogP contribution < -0.4 is 0 Å². The van der Waals surface area contributed by atoms with Gasteiger partial charge >= 0.3 is 5.97 Å². The van der Waals surface area contributed by atoms with Gasteiger partial charge in [-0.15, -0.1) is 0 Å². The van der Waals surface area contributed by atoms with Crippen LogP contribution in [0.3, 0.4) is 0 Å². The monoisotopic (exact) mass is 162 g/mol. The van der Waals surface area contributed by atoms with E-state index in [1.807, 2.05) is 0 Å². The second-order valence-electron chi connectivity index (χ2n) is 3.94. The maximum Gasteiger partial charge on any atom is 0.307 e. The lowest BCUT2D eigenvalue weighted by Crippen LogP contribution is -2.14. The first-order valence-corrected chi connectivity index (χ1v) is 4.38. The van der Waals surface area contributed by atoms with E-state index in [1.165, 1.54) is 0 Å². The molecule has 0 radical (unpaired) electrons. The van der Waals surface area contributed by atoms with Gasteiger partial charge in [0.1, 0.15) is 0 Å². The summed E-state index contributed by atoms with van der Waals surface area (Å²) in [5.41, 5.74) is 0. The van der Waals surface area contributed by atoms with E-state index in [0.717, 1.165) is 0 Å². The molecule has 12 heavy (non-hydrogen) atoms. The summed E-state index contributed by atoms with van der Waals surface area (Å²) in [6.07, 6.45) is 8.65. The van der Waals surface area contributed by atoms with Gasteiger partial charge in [0.2, 0.25) is 0 Å². The van der Waals surface area contributed by atoms with Gasteiger partial charge in [-0.3, -0.25) is 4.79 Å². The quantitative estimate of drug-likeness (QED) is 0.590. The van der Waals surface area contributed by atoms with E-state index >= 15 is 0 Å². The fraction of sp³-hybridized carbons (Fsp3) is 0.500. The van der Waals surface area contributed by atoms with Gasteiger partial charge in [-0.05, 0) is 23.7 Å². The molecule has 0 heterocycles. The van der Waals surface area contributed by atoms with Crippen molar-refractivity contribution >= 4 is 5.97 Å². The predicted molar refractivity (Wildman–Crippen MR) is 43.4 cm³/mol. The van der Waals surface area contributed by atoms with E-state index < -0.39 is 5.97 Å². The minimum Gasteiger partial charge on any atom is -0.481 e. The molecule has 2 bridgehead atoms. The van der Waals surface area contributed by atoms with Crippen molar-refractivity contribution in [2.75, 3.05) is 0 Å². The Kier molecular flexibility index (Phi) is 0.978. The van der Waals surface area contributed by atoms with Crippen LogP contribution in [0.2, 0.25) is 0 Å². The Labute approximate surface area is 70.6 Å². The smallest absolute Gasteiger partial charge is 0.307 e. The maximum absolute atomic E-state index is 10.8. The highest BCUT2D eigenvalue weighted by Crippen LogP contribution is 2.61. The molecule has 0 aromatic carbocycles. The highest BCUT2D eigenvalue weighted by Gasteiger charge is 2.62. The van der Waals surface area contributed by atoms with Gasteiger partial charge in [-0.2, -0.15) is 0 Å². The van der Waals surface area contributed by atoms with Gasteiger partial charge in [-0.1, -0.05) is 24.3 Å². The van der Waals surface area contributed by atoms with E-state index in [1.54, 1.807) is 0 Å². The number of aliphatic carboxylic acids is 1. The summed E-state index contributed by atoms with van der Waals surface area (Å²) in [5, 5.41) is 8.89. The highest BCUT2D eigenvalue weighted by atomic mass is 16.4. The highest BCUT2D eigenvalue weighted by molar-refractivity contribution is 5.75. The second kappa shape index (κ2) is 1.82. The minimum atomic E-state index is -0.604. The molecule has 4 aliphatic rings. The molecule has 0 spiro atoms. The number of allylic oxidation sites excluding steroid dienone is 4. The van der Waals surface area contributed by atoms with Crippen molar-refractivity contribution in [1.82, 2.24) is 0 Å². The van der Waals surface area contributed by atoms with E-state index in [2.05, 4.69) is 24.3 Å². The predicted octanol–water partition coefficient (Wildman–Crippen LogP) is 1.31. The van der Waals surface area contributed by atoms with Gasteiger partial charge in [0.25, 0.3) is 0 Å². The van der Waals surface area contributed by atoms with Crippen LogP contribution in [-0.4, -0.2) is 11.1 Å². The standard InChI is InChI=1S/C10H10O2/c11-10(12)9-7-5-1-2-6(4-3-5)8(7)9/h1-9H,(H,11,12)/t5?,6?,7-,8+,9?. The summed E-state index contributed by atoms with van der Waals surface area (Å²) in [6, 6.07) is 0. The number of hydrogen-bond donors (Lipinski definition) is 1. The number of hydrogen-bond acceptors (Lipinski definition) is 1. The van der Waals surface area contributed by atoms with Gasteiger partial charge in [-0.25, -0.2) is 0 Å². The van der Waals surface area contributed by atoms with Gasteiger partial charge in [0, 0.05) is 0 Å². The Morgan fingerprint density at radius 2 is 1.42 bits per heavy atom. The maximum atomic E-state index is 10.8. The molecular weight excluding hydrogens is 152 g/mol. The molecule has 1 saturated carbocycles. The summed E-state index contributed by atoms with van der Waals surface area (Å²) in [4.78, 5) is 10.8. The lowest BCUT2D eigenvalue weighted by Gasteiger charge is -2.22. The van der Waals surface area contributed by atoms with Crippen LogP contribution in [0, 0.1) is 29.6 Å². The van der Waals surface area contributed by atoms with Gasteiger partial charge in [0.15, 0.2) is 0 Å². The molecule has 4 rings (SSSR count). The summed E-state index contributed by atoms with van der Waals surface area (Å²) in [5.74, 6) is 1.00. The van der Waals surface area contributed by atoms with E-state index in [9.17, 15) is 4.79 Å². The molecule has 0 amide bonds. The van der Waals surface area contributed by atoms with E-state index in [4.69, 9.17) is 5.11 Å². The van der Waals surface area contributed by atoms with Crippen molar-refractivity contribution in [2.45, 2.75) is 0 Å². The van der Waals surface area contributed by atoms with Crippen molar-refractivity contribution < 1.29 is 9.90 Å². The Morgan fingerprint density at radius 1 is 1.00 bits per heavy atom. The molecule has 1 unspecified atom stereocenters. The van der Waals surface area contributed by atoms with Crippen LogP contribution in [0.1, 0.15) is 0 Å². The fourth-order valence-corrected chi connectivity index (χ4v) is 2.84. The van der Waals surface area contributed by atoms with Crippen molar-refractivity contribution in [3.05, 3.63) is 24.3 Å². The lowest BCUT2D eigenvalue weighted by atomic mass is 9.82. The molecule has 0 aliphatic heterocycles. The SMILES string of the molecule is O=C(O)C1[C@H]2C3C=CC(C=C3)[C@@H]12. The molecule has 62 valence electrons. The van der Waals surface area contributed by atoms with E-state index in [-0.39, 0.29) is 5.92 Å². The Balaban J connectivity index is 1.95. The number of carboxylic acids is 1. The van der Waals surface area contributed by atoms with Gasteiger partial charge < -0.3 is 5.11 Å². The summed E-state index contributed by atoms with van der Waals surface area (Å²) in [7, 11) is 0. The van der Waals surface area contributed by atoms with Crippen molar-refractivity contribution in [3.8, 4) is 0 Å². The molecule has 2 heteroatoms. The van der Waals surface area contributed by atoms with Crippen LogP contribution in [0.25, 0.3) is 0 Å². The summed E-state index contributed by atoms with van der Waals surface area (Å²) < 4.78 is 0. The van der Waals surface area contributed by atoms with Crippen LogP contribution >= 0.6 is 0 Å². The average molecular weight is 162 g/mol. The summed E-state index contributed by atoms with van der Waals surface area (Å²) >= 11 is 0. The third-order valence-corrected chi connectivity index (χ3v) is 3.42. The number of carbonyl (C=O) groups is 1. The zero-order valence-electron chi connectivity index (χ0n) is 6.55. The zero-order valence-corrected chi connectivity index (χ0v) is 6.55. The van der Waals surface area contributed by atoms with Crippen LogP contribution in [0.15, 0.2) is 24.3 Å². The Bertz CT molecular complexity index is 267. The van der Waals surface area contributed by atoms with Crippen molar-refractivity contribution in [2.24, 2.45) is 29.6 Å². The van der Waals surface area contributed by atoms with Crippen LogP contribution in [0.5, 0.6) is 0 Å². The molecule has 4 aliphatic carbocycles. The summed E-state index contributed by atoms with van der Waals surface area (Å²) in [6.45, 7) is 0. The number of carboxylic acid groups (broad SMARTS) is 1. The Morgan fingerprint density at radius 3 is 1.75 bits per heavy atom. The first-order chi connectivity index (χ1) is 5.79. The Hall–Kier alpha value is -1.05. The van der Waals surface area contributed by atoms with Gasteiger partial charge in [0.05, 0.1) is 5.92 Å². The first-order valence-electron chi connectivity index (χ1n) is 4.38. The van der Waals surface area contributed by atoms with E-state index in [0.29, 0.717) is 23.7 Å². The molecular formula is C10H10O2. The van der Waals surface area contributed by atoms with Crippen LogP contribution in [0.4, 0.5) is 0 Å². The molecule has 0 aromatic rings. The molecule has 3 atom stereocenters. The van der Waals surface area contributed by atoms with Crippen molar-refractivity contribution in [3.63, 3.8) is 0 Å². The van der Waals surface area contributed by atoms with Crippen LogP contribution in [-0.2, 0) is 4.79 Å². The third-order valence-electron chi connectivity index (χ3n) is 3.42.